The molecule has 0 saturated heterocycles. The van der Waals surface area contributed by atoms with Crippen molar-refractivity contribution in [1.82, 2.24) is 5.32 Å². The van der Waals surface area contributed by atoms with Crippen molar-refractivity contribution in [2.45, 2.75) is 257 Å². The van der Waals surface area contributed by atoms with Crippen LogP contribution in [0.4, 0.5) is 0 Å². The molecule has 0 aliphatic heterocycles. The normalized spacial score (nSPS) is 21.8. The number of amides is 1. The highest BCUT2D eigenvalue weighted by Gasteiger charge is 2.51. The van der Waals surface area contributed by atoms with Crippen LogP contribution in [0.25, 0.3) is 0 Å². The zero-order valence-electron chi connectivity index (χ0n) is 36.4. The molecule has 1 atom stereocenters. The largest absolute Gasteiger partial charge is 0.466 e. The number of nitrogens with one attached hydrogen (secondary N) is 1. The van der Waals surface area contributed by atoms with E-state index in [9.17, 15) is 14.4 Å². The van der Waals surface area contributed by atoms with E-state index in [1.807, 2.05) is 0 Å². The predicted molar refractivity (Wildman–Crippen MR) is 229 cm³/mol. The van der Waals surface area contributed by atoms with Gasteiger partial charge in [-0.25, -0.2) is 4.79 Å². The van der Waals surface area contributed by atoms with E-state index >= 15 is 0 Å². The Morgan fingerprint density at radius 1 is 0.509 bits per heavy atom. The zero-order valence-corrected chi connectivity index (χ0v) is 36.4. The summed E-state index contributed by atoms with van der Waals surface area (Å²) in [7, 11) is 0. The highest BCUT2D eigenvalue weighted by atomic mass is 16.5. The van der Waals surface area contributed by atoms with E-state index in [1.165, 1.54) is 173 Å². The number of ether oxygens (including phenoxy) is 2. The van der Waals surface area contributed by atoms with Gasteiger partial charge in [0.2, 0.25) is 5.91 Å². The average molecular weight is 772 g/mol. The minimum atomic E-state index is -0.790. The Hall–Kier alpha value is -1.59. The Bertz CT molecular complexity index is 960. The molecule has 6 nitrogen and oxygen atoms in total. The standard InChI is InChI=1S/C49H89NO5/c1-3-5-7-9-11-13-15-17-19-21-23-25-27-29-33-54-47(52)32-31-45(50-46(51)41-49-38-42-35-43(39-49)37-44(36-42)40-49)48(53)55-34-30-28-26-24-22-20-18-16-14-12-10-8-6-4-2/h42-45H,3-41H2,1-2H3,(H,50,51)/t42?,43?,44?,45-,49?/m0/s1. The van der Waals surface area contributed by atoms with Crippen LogP contribution in [0.2, 0.25) is 0 Å². The Balaban J connectivity index is 1.27. The minimum absolute atomic E-state index is 0.0452. The lowest BCUT2D eigenvalue weighted by atomic mass is 9.49. The van der Waals surface area contributed by atoms with Crippen LogP contribution in [0, 0.1) is 23.2 Å². The second kappa shape index (κ2) is 30.5. The number of unbranched alkanes of at least 4 members (excludes halogenated alkanes) is 26. The first-order valence-electron chi connectivity index (χ1n) is 24.5. The van der Waals surface area contributed by atoms with Crippen molar-refractivity contribution >= 4 is 17.8 Å². The van der Waals surface area contributed by atoms with Gasteiger partial charge in [0.05, 0.1) is 13.2 Å². The van der Waals surface area contributed by atoms with E-state index in [0.29, 0.717) is 19.6 Å². The number of carbonyl (C=O) groups is 3. The van der Waals surface area contributed by atoms with Crippen LogP contribution in [0.1, 0.15) is 251 Å². The lowest BCUT2D eigenvalue weighted by Gasteiger charge is -2.56. The summed E-state index contributed by atoms with van der Waals surface area (Å²) >= 11 is 0. The van der Waals surface area contributed by atoms with Crippen molar-refractivity contribution in [3.8, 4) is 0 Å². The van der Waals surface area contributed by atoms with Gasteiger partial charge in [0.1, 0.15) is 6.04 Å². The smallest absolute Gasteiger partial charge is 0.328 e. The fraction of sp³-hybridized carbons (Fsp3) is 0.939. The molecule has 320 valence electrons. The van der Waals surface area contributed by atoms with Gasteiger partial charge in [-0.1, -0.05) is 181 Å². The Morgan fingerprint density at radius 3 is 1.24 bits per heavy atom. The first kappa shape index (κ1) is 47.8. The first-order valence-corrected chi connectivity index (χ1v) is 24.5. The lowest BCUT2D eigenvalue weighted by Crippen LogP contribution is -2.50. The molecule has 55 heavy (non-hydrogen) atoms. The second-order valence-corrected chi connectivity index (χ2v) is 18.8. The fourth-order valence-electron chi connectivity index (χ4n) is 10.7. The molecule has 0 heterocycles. The molecule has 0 spiro atoms. The summed E-state index contributed by atoms with van der Waals surface area (Å²) in [4.78, 5) is 39.5. The van der Waals surface area contributed by atoms with Gasteiger partial charge >= 0.3 is 11.9 Å². The number of hydrogen-bond acceptors (Lipinski definition) is 5. The average Bonchev–Trinajstić information content (AvgIpc) is 3.15. The Morgan fingerprint density at radius 2 is 0.855 bits per heavy atom. The molecule has 4 bridgehead atoms. The van der Waals surface area contributed by atoms with Crippen LogP contribution >= 0.6 is 0 Å². The Kier molecular flexibility index (Phi) is 26.5. The third kappa shape index (κ3) is 22.2. The maximum absolute atomic E-state index is 13.5. The van der Waals surface area contributed by atoms with Gasteiger partial charge in [-0.3, -0.25) is 9.59 Å². The molecule has 0 aromatic carbocycles. The van der Waals surface area contributed by atoms with Crippen molar-refractivity contribution < 1.29 is 23.9 Å². The maximum Gasteiger partial charge on any atom is 0.328 e. The van der Waals surface area contributed by atoms with Crippen LogP contribution in [0.5, 0.6) is 0 Å². The number of esters is 2. The van der Waals surface area contributed by atoms with Gasteiger partial charge in [-0.15, -0.1) is 0 Å². The Labute approximate surface area is 340 Å². The van der Waals surface area contributed by atoms with E-state index in [1.54, 1.807) is 0 Å². The summed E-state index contributed by atoms with van der Waals surface area (Å²) in [6, 6.07) is -0.790. The summed E-state index contributed by atoms with van der Waals surface area (Å²) < 4.78 is 11.3. The lowest BCUT2D eigenvalue weighted by molar-refractivity contribution is -0.150. The van der Waals surface area contributed by atoms with Crippen molar-refractivity contribution in [3.05, 3.63) is 0 Å². The molecule has 4 aliphatic rings. The van der Waals surface area contributed by atoms with Crippen molar-refractivity contribution in [1.29, 1.82) is 0 Å². The third-order valence-corrected chi connectivity index (χ3v) is 13.5. The van der Waals surface area contributed by atoms with E-state index in [2.05, 4.69) is 19.2 Å². The molecule has 4 fully saturated rings. The van der Waals surface area contributed by atoms with Gasteiger partial charge in [0, 0.05) is 12.8 Å². The molecular formula is C49H89NO5. The molecule has 6 heteroatoms. The number of carbonyl (C=O) groups excluding carboxylic acids is 3. The molecule has 1 amide bonds. The van der Waals surface area contributed by atoms with Gasteiger partial charge in [0.15, 0.2) is 0 Å². The minimum Gasteiger partial charge on any atom is -0.466 e. The second-order valence-electron chi connectivity index (χ2n) is 18.8. The van der Waals surface area contributed by atoms with Crippen molar-refractivity contribution in [2.24, 2.45) is 23.2 Å². The third-order valence-electron chi connectivity index (χ3n) is 13.5. The summed E-state index contributed by atoms with van der Waals surface area (Å²) in [5.74, 6) is 1.61. The van der Waals surface area contributed by atoms with E-state index in [0.717, 1.165) is 62.7 Å². The molecule has 4 saturated carbocycles. The van der Waals surface area contributed by atoms with Gasteiger partial charge in [-0.05, 0) is 81.0 Å². The molecule has 0 unspecified atom stereocenters. The van der Waals surface area contributed by atoms with Gasteiger partial charge < -0.3 is 14.8 Å². The molecule has 4 aliphatic carbocycles. The predicted octanol–water partition coefficient (Wildman–Crippen LogP) is 13.9. The highest BCUT2D eigenvalue weighted by molar-refractivity contribution is 5.85. The van der Waals surface area contributed by atoms with Crippen LogP contribution in [-0.4, -0.2) is 37.1 Å². The molecule has 1 N–H and O–H groups in total. The summed E-state index contributed by atoms with van der Waals surface area (Å²) in [5.41, 5.74) is 0.105. The quantitative estimate of drug-likeness (QED) is 0.0502. The van der Waals surface area contributed by atoms with E-state index < -0.39 is 12.0 Å². The van der Waals surface area contributed by atoms with E-state index in [4.69, 9.17) is 9.47 Å². The van der Waals surface area contributed by atoms with Crippen LogP contribution in [0.3, 0.4) is 0 Å². The maximum atomic E-state index is 13.5. The topological polar surface area (TPSA) is 81.7 Å². The molecular weight excluding hydrogens is 683 g/mol. The van der Waals surface area contributed by atoms with E-state index in [-0.39, 0.29) is 30.1 Å². The monoisotopic (exact) mass is 772 g/mol. The number of hydrogen-bond donors (Lipinski definition) is 1. The SMILES string of the molecule is CCCCCCCCCCCCCCCCOC(=O)CC[C@H](NC(=O)CC12CC3CC(CC(C3)C1)C2)C(=O)OCCCCCCCCCCCCCCCC. The zero-order chi connectivity index (χ0) is 39.2. The van der Waals surface area contributed by atoms with Crippen molar-refractivity contribution in [2.75, 3.05) is 13.2 Å². The number of rotatable bonds is 37. The highest BCUT2D eigenvalue weighted by Crippen LogP contribution is 2.61. The van der Waals surface area contributed by atoms with Crippen LogP contribution in [0.15, 0.2) is 0 Å². The van der Waals surface area contributed by atoms with Gasteiger partial charge in [0.25, 0.3) is 0 Å². The molecule has 0 aromatic rings. The summed E-state index contributed by atoms with van der Waals surface area (Å²) in [6.07, 6.45) is 44.5. The molecule has 0 aromatic heterocycles. The first-order chi connectivity index (χ1) is 26.9. The van der Waals surface area contributed by atoms with Crippen molar-refractivity contribution in [3.63, 3.8) is 0 Å². The fourth-order valence-corrected chi connectivity index (χ4v) is 10.7. The molecule has 0 radical (unpaired) electrons. The van der Waals surface area contributed by atoms with Crippen LogP contribution in [-0.2, 0) is 23.9 Å². The summed E-state index contributed by atoms with van der Waals surface area (Å²) in [6.45, 7) is 5.36. The van der Waals surface area contributed by atoms with Crippen LogP contribution < -0.4 is 5.32 Å². The molecule has 4 rings (SSSR count). The summed E-state index contributed by atoms with van der Waals surface area (Å²) in [5, 5.41) is 3.05. The van der Waals surface area contributed by atoms with Gasteiger partial charge in [-0.2, -0.15) is 0 Å².